The summed E-state index contributed by atoms with van der Waals surface area (Å²) in [6.07, 6.45) is 3.51. The summed E-state index contributed by atoms with van der Waals surface area (Å²) in [5.74, 6) is 5.06. The van der Waals surface area contributed by atoms with Crippen LogP contribution in [0.1, 0.15) is 137 Å². The number of hydrogen-bond donors (Lipinski definition) is 5. The van der Waals surface area contributed by atoms with Gasteiger partial charge < -0.3 is 59.5 Å². The number of carbonyl (C=O) groups is 1. The van der Waals surface area contributed by atoms with E-state index in [2.05, 4.69) is 72.6 Å². The van der Waals surface area contributed by atoms with Gasteiger partial charge in [0.15, 0.2) is 28.8 Å². The minimum Gasteiger partial charge on any atom is -0.508 e. The van der Waals surface area contributed by atoms with Crippen LogP contribution in [0.25, 0.3) is 0 Å². The van der Waals surface area contributed by atoms with Gasteiger partial charge in [-0.1, -0.05) is 226 Å². The van der Waals surface area contributed by atoms with Gasteiger partial charge in [0, 0.05) is 88.0 Å². The Labute approximate surface area is 768 Å². The smallest absolute Gasteiger partial charge is 0.272 e. The van der Waals surface area contributed by atoms with E-state index >= 15 is 0 Å². The van der Waals surface area contributed by atoms with E-state index in [1.165, 1.54) is 42.5 Å². The lowest BCUT2D eigenvalue weighted by molar-refractivity contribution is -0.385. The first kappa shape index (κ1) is 102. The first-order valence-electron chi connectivity index (χ1n) is 37.2. The highest BCUT2D eigenvalue weighted by Crippen LogP contribution is 2.48. The number of hydrogen-bond acceptors (Lipinski definition) is 19. The number of nitro benzene ring substituents is 3. The van der Waals surface area contributed by atoms with Gasteiger partial charge in [0.25, 0.3) is 17.1 Å². The van der Waals surface area contributed by atoms with E-state index < -0.39 is 20.6 Å². The molecule has 11 rings (SSSR count). The van der Waals surface area contributed by atoms with Crippen LogP contribution in [0.4, 0.5) is 32.8 Å². The second-order valence-electron chi connectivity index (χ2n) is 32.3. The van der Waals surface area contributed by atoms with E-state index in [4.69, 9.17) is 155 Å². The molecule has 0 saturated heterocycles. The van der Waals surface area contributed by atoms with Crippen molar-refractivity contribution in [2.75, 3.05) is 32.4 Å². The molecule has 0 atom stereocenters. The summed E-state index contributed by atoms with van der Waals surface area (Å²) in [7, 11) is 4.90. The van der Waals surface area contributed by atoms with E-state index in [1.807, 2.05) is 84.0 Å². The number of anilines is 2. The summed E-state index contributed by atoms with van der Waals surface area (Å²) in [5, 5.41) is 64.0. The number of non-ortho nitro benzene ring substituents is 3. The van der Waals surface area contributed by atoms with Crippen LogP contribution in [0.2, 0.25) is 50.2 Å². The van der Waals surface area contributed by atoms with Crippen molar-refractivity contribution in [3.63, 3.8) is 0 Å². The van der Waals surface area contributed by atoms with E-state index in [0.29, 0.717) is 61.5 Å². The first-order chi connectivity index (χ1) is 57.5. The zero-order valence-electron chi connectivity index (χ0n) is 70.5. The summed E-state index contributed by atoms with van der Waals surface area (Å²) in [6.45, 7) is 30.6. The predicted molar refractivity (Wildman–Crippen MR) is 494 cm³/mol. The molecule has 0 spiro atoms. The fourth-order valence-electron chi connectivity index (χ4n) is 11.2. The van der Waals surface area contributed by atoms with E-state index in [9.17, 15) is 54.8 Å². The molecule has 0 fully saturated rings. The maximum absolute atomic E-state index is 12.7. The lowest BCUT2D eigenvalue weighted by atomic mass is 9.86. The molecule has 1 aromatic heterocycles. The number of nitrogen functional groups attached to an aromatic ring is 1. The van der Waals surface area contributed by atoms with Crippen molar-refractivity contribution < 1.29 is 72.4 Å². The summed E-state index contributed by atoms with van der Waals surface area (Å²) in [4.78, 5) is 46.3. The molecule has 0 radical (unpaired) electrons. The Hall–Kier alpha value is -10.4. The highest BCUT2D eigenvalue weighted by atomic mass is 35.5. The Balaban J connectivity index is 0.000000236. The number of amides is 1. The Bertz CT molecular complexity index is 5570. The molecule has 10 aromatic carbocycles. The van der Waals surface area contributed by atoms with Gasteiger partial charge in [0.05, 0.1) is 92.7 Å². The SMILES string of the molecule is CC(C)(C)c1cc(O)ccc1O.CC(C)(C)c1cc(Oc2c(Cl)cc([N+](=O)[O-])cc2Cl)ccc1O.COc1ccc(Oc2c(Cl)cc(N)cc2Cl)cc1C(C)(C)C.COc1ccc(Oc2c(Cl)cc(NC(=O)Cc3cccnc3)cc2Cl)cc1C(C)(C)C.COc1ccc(Oc2c(Cl)cc([N+](=O)[O-])cc2Cl)cc1C(C)(C)C.O=[N+]([O-])c1cc(Cl)c(F)c(Cl)c1. The number of methoxy groups -OCH3 is 3. The Morgan fingerprint density at radius 2 is 0.685 bits per heavy atom. The van der Waals surface area contributed by atoms with Gasteiger partial charge in [-0.15, -0.1) is 0 Å². The Kier molecular flexibility index (Phi) is 36.4. The van der Waals surface area contributed by atoms with Crippen LogP contribution in [0.5, 0.6) is 80.5 Å². The second kappa shape index (κ2) is 44.0. The van der Waals surface area contributed by atoms with E-state index in [1.54, 1.807) is 100 Å². The third kappa shape index (κ3) is 29.7. The molecule has 0 unspecified atom stereocenters. The average molecular weight is 1900 g/mol. The monoisotopic (exact) mass is 1900 g/mol. The Morgan fingerprint density at radius 1 is 0.403 bits per heavy atom. The number of nitrogens with zero attached hydrogens (tertiary/aromatic N) is 4. The van der Waals surface area contributed by atoms with E-state index in [-0.39, 0.29) is 125 Å². The fourth-order valence-corrected chi connectivity index (χ4v) is 14.0. The number of carbonyl (C=O) groups excluding carboxylic acids is 1. The molecule has 1 amide bonds. The quantitative estimate of drug-likeness (QED) is 0.0186. The highest BCUT2D eigenvalue weighted by molar-refractivity contribution is 6.40. The van der Waals surface area contributed by atoms with Crippen molar-refractivity contribution in [1.29, 1.82) is 0 Å². The first-order valence-corrected chi connectivity index (χ1v) is 40.9. The number of benzene rings is 10. The highest BCUT2D eigenvalue weighted by Gasteiger charge is 2.28. The molecule has 0 aliphatic heterocycles. The number of nitrogens with two attached hydrogens (primary N) is 1. The normalized spacial score (nSPS) is 11.2. The molecule has 6 N–H and O–H groups in total. The maximum Gasteiger partial charge on any atom is 0.272 e. The van der Waals surface area contributed by atoms with Gasteiger partial charge in [-0.2, -0.15) is 0 Å². The van der Waals surface area contributed by atoms with Crippen molar-refractivity contribution >= 4 is 150 Å². The minimum absolute atomic E-state index is 0.0367. The number of nitro groups is 3. The number of pyridine rings is 1. The molecular weight excluding hydrogens is 1810 g/mol. The van der Waals surface area contributed by atoms with Crippen LogP contribution in [0.15, 0.2) is 176 Å². The van der Waals surface area contributed by atoms with Crippen LogP contribution in [0, 0.1) is 36.2 Å². The third-order valence-corrected chi connectivity index (χ3v) is 20.1. The number of ether oxygens (including phenoxy) is 7. The van der Waals surface area contributed by atoms with Crippen LogP contribution in [-0.2, 0) is 38.3 Å². The number of halogens is 11. The lowest BCUT2D eigenvalue weighted by Gasteiger charge is -2.23. The number of aromatic nitrogens is 1. The van der Waals surface area contributed by atoms with Crippen molar-refractivity contribution in [1.82, 2.24) is 4.98 Å². The number of phenolic OH excluding ortho intramolecular Hbond substituents is 3. The summed E-state index contributed by atoms with van der Waals surface area (Å²) < 4.78 is 52.2. The summed E-state index contributed by atoms with van der Waals surface area (Å²) >= 11 is 60.0. The number of aromatic hydroxyl groups is 3. The predicted octanol–water partition coefficient (Wildman–Crippen LogP) is 29.5. The average Bonchev–Trinajstić information content (AvgIpc) is 0.812. The van der Waals surface area contributed by atoms with Crippen LogP contribution >= 0.6 is 116 Å². The topological polar surface area (TPSA) is 323 Å². The minimum atomic E-state index is -0.844. The lowest BCUT2D eigenvalue weighted by Crippen LogP contribution is -2.14. The van der Waals surface area contributed by atoms with Gasteiger partial charge in [-0.25, -0.2) is 4.39 Å². The van der Waals surface area contributed by atoms with Crippen molar-refractivity contribution in [2.45, 2.75) is 137 Å². The summed E-state index contributed by atoms with van der Waals surface area (Å²) in [5.41, 5.74) is 10.4. The molecule has 34 heteroatoms. The zero-order valence-corrected chi connectivity index (χ0v) is 78.1. The second-order valence-corrected chi connectivity index (χ2v) is 36.3. The summed E-state index contributed by atoms with van der Waals surface area (Å²) in [6, 6.07) is 42.5. The molecule has 1 heterocycles. The van der Waals surface area contributed by atoms with Gasteiger partial charge in [0.2, 0.25) is 5.91 Å². The molecular formula is C90H91Cl10FN6O17. The molecule has 0 aliphatic rings. The molecule has 23 nitrogen and oxygen atoms in total. The molecule has 0 aliphatic carbocycles. The van der Waals surface area contributed by atoms with Crippen molar-refractivity contribution in [3.05, 3.63) is 296 Å². The zero-order chi connectivity index (χ0) is 93.2. The Morgan fingerprint density at radius 3 is 0.976 bits per heavy atom. The van der Waals surface area contributed by atoms with Gasteiger partial charge in [0.1, 0.15) is 57.5 Å². The van der Waals surface area contributed by atoms with Crippen LogP contribution < -0.4 is 44.2 Å². The van der Waals surface area contributed by atoms with Crippen LogP contribution in [-0.4, -0.2) is 62.3 Å². The molecule has 0 bridgehead atoms. The maximum atomic E-state index is 12.7. The number of rotatable bonds is 17. The van der Waals surface area contributed by atoms with Gasteiger partial charge in [-0.3, -0.25) is 40.1 Å². The van der Waals surface area contributed by atoms with Crippen molar-refractivity contribution in [2.24, 2.45) is 0 Å². The molecule has 660 valence electrons. The van der Waals surface area contributed by atoms with Gasteiger partial charge >= 0.3 is 0 Å². The van der Waals surface area contributed by atoms with Crippen molar-refractivity contribution in [3.8, 4) is 80.5 Å². The fraction of sp³-hybridized carbons (Fsp3) is 0.267. The largest absolute Gasteiger partial charge is 0.508 e. The molecule has 124 heavy (non-hydrogen) atoms. The van der Waals surface area contributed by atoms with E-state index in [0.717, 1.165) is 57.2 Å². The van der Waals surface area contributed by atoms with Crippen LogP contribution in [0.3, 0.4) is 0 Å². The molecule has 11 aromatic rings. The standard InChI is InChI=1S/C24H24Cl2N2O3.C17H17Cl2NO4.C17H19Cl2NO2.C16H15Cl2NO4.C10H14O2.C6H2Cl2FNO2/c1-24(2,3)18-13-17(7-8-21(18)30-4)31-23-19(25)11-16(12-20(23)26)28-22(29)10-15-6-5-9-27-14-15;1-17(2,3)12-9-11(5-6-15(12)23-4)24-16-13(18)7-10(20(21)22)8-14(16)19;1-17(2,3)12-9-11(5-6-15(12)21-4)22-16-13(18)7-10(20)8-14(16)19;1-16(2,3)11-8-10(4-5-14(11)20)23-15-12(17)6-9(19(21)22)7-13(15)18;1-10(2,3)8-6-7(11)4-5-9(8)12;7-4-1-3(10(11)12)2-5(8)6(4)9/h5-9,11-14H,10H2,1-4H3,(H,28,29);5-9H,1-4H3;5-9H,20H2,1-4H3;4-8,20H,1-3H3;4-6,11-12H,1-3H3;1-2H. The number of nitrogens with one attached hydrogen (secondary N) is 1. The van der Waals surface area contributed by atoms with Gasteiger partial charge in [-0.05, 0) is 154 Å². The molecule has 0 saturated carbocycles. The number of phenols is 3. The third-order valence-electron chi connectivity index (χ3n) is 17.3.